The average Bonchev–Trinajstić information content (AvgIpc) is 2.81. The summed E-state index contributed by atoms with van der Waals surface area (Å²) in [5, 5.41) is 3.59. The topological polar surface area (TPSA) is 29.1 Å². The van der Waals surface area contributed by atoms with Gasteiger partial charge in [0, 0.05) is 28.8 Å². The van der Waals surface area contributed by atoms with Gasteiger partial charge in [0.15, 0.2) is 5.78 Å². The molecule has 2 heteroatoms. The third-order valence-corrected chi connectivity index (χ3v) is 7.67. The van der Waals surface area contributed by atoms with Crippen LogP contribution in [0, 0.1) is 10.8 Å². The van der Waals surface area contributed by atoms with Crippen LogP contribution in [0.15, 0.2) is 72.8 Å². The van der Waals surface area contributed by atoms with E-state index in [-0.39, 0.29) is 16.6 Å². The summed E-state index contributed by atoms with van der Waals surface area (Å²) in [7, 11) is 0. The molecule has 2 aromatic carbocycles. The molecular formula is C32H41NO. The third kappa shape index (κ3) is 5.12. The van der Waals surface area contributed by atoms with E-state index in [0.717, 1.165) is 30.6 Å². The molecule has 0 saturated carbocycles. The van der Waals surface area contributed by atoms with Gasteiger partial charge < -0.3 is 5.32 Å². The number of carbonyl (C=O) groups is 1. The monoisotopic (exact) mass is 455 g/mol. The predicted octanol–water partition coefficient (Wildman–Crippen LogP) is 8.43. The van der Waals surface area contributed by atoms with Crippen LogP contribution in [0.3, 0.4) is 0 Å². The fraction of sp³-hybridized carbons (Fsp3) is 0.406. The van der Waals surface area contributed by atoms with Crippen molar-refractivity contribution in [3.63, 3.8) is 0 Å². The second-order valence-corrected chi connectivity index (χ2v) is 10.7. The second kappa shape index (κ2) is 10.2. The molecule has 1 aliphatic rings. The minimum Gasteiger partial charge on any atom is -0.382 e. The molecule has 0 aromatic heterocycles. The van der Waals surface area contributed by atoms with Crippen LogP contribution in [-0.2, 0) is 0 Å². The number of benzene rings is 2. The van der Waals surface area contributed by atoms with Gasteiger partial charge in [0.05, 0.1) is 0 Å². The molecule has 0 spiro atoms. The average molecular weight is 456 g/mol. The van der Waals surface area contributed by atoms with E-state index < -0.39 is 0 Å². The quantitative estimate of drug-likeness (QED) is 0.320. The van der Waals surface area contributed by atoms with Gasteiger partial charge in [-0.1, -0.05) is 114 Å². The maximum atomic E-state index is 11.7. The normalized spacial score (nSPS) is 20.8. The molecule has 0 bridgehead atoms. The van der Waals surface area contributed by atoms with Gasteiger partial charge in [-0.05, 0) is 47.8 Å². The lowest BCUT2D eigenvalue weighted by atomic mass is 9.58. The molecule has 0 fully saturated rings. The first-order valence-electron chi connectivity index (χ1n) is 12.6. The number of allylic oxidation sites excluding steroid dienone is 3. The Bertz CT molecular complexity index is 1110. The first kappa shape index (κ1) is 25.7. The van der Waals surface area contributed by atoms with Gasteiger partial charge in [-0.15, -0.1) is 0 Å². The van der Waals surface area contributed by atoms with E-state index in [1.165, 1.54) is 27.8 Å². The zero-order chi connectivity index (χ0) is 25.1. The van der Waals surface area contributed by atoms with E-state index in [9.17, 15) is 4.79 Å². The number of carbonyl (C=O) groups excluding carboxylic acids is 1. The Morgan fingerprint density at radius 1 is 1.09 bits per heavy atom. The van der Waals surface area contributed by atoms with Crippen molar-refractivity contribution in [3.05, 3.63) is 95.1 Å². The summed E-state index contributed by atoms with van der Waals surface area (Å²) in [5.74, 6) is 0.559. The molecular weight excluding hydrogens is 414 g/mol. The molecule has 1 aliphatic carbocycles. The van der Waals surface area contributed by atoms with Gasteiger partial charge in [-0.3, -0.25) is 4.79 Å². The van der Waals surface area contributed by atoms with Crippen molar-refractivity contribution >= 4 is 17.1 Å². The summed E-state index contributed by atoms with van der Waals surface area (Å²) in [6.07, 6.45) is 6.91. The van der Waals surface area contributed by atoms with Gasteiger partial charge in [-0.25, -0.2) is 0 Å². The summed E-state index contributed by atoms with van der Waals surface area (Å²) >= 11 is 0. The molecule has 0 saturated heterocycles. The van der Waals surface area contributed by atoms with E-state index in [4.69, 9.17) is 0 Å². The zero-order valence-electron chi connectivity index (χ0n) is 22.1. The molecule has 3 rings (SSSR count). The highest BCUT2D eigenvalue weighted by Gasteiger charge is 2.42. The maximum Gasteiger partial charge on any atom is 0.159 e. The maximum absolute atomic E-state index is 11.7. The fourth-order valence-electron chi connectivity index (χ4n) is 5.44. The van der Waals surface area contributed by atoms with E-state index in [0.29, 0.717) is 5.92 Å². The van der Waals surface area contributed by atoms with Gasteiger partial charge in [0.1, 0.15) is 0 Å². The van der Waals surface area contributed by atoms with Gasteiger partial charge >= 0.3 is 0 Å². The Balaban J connectivity index is 1.89. The predicted molar refractivity (Wildman–Crippen MR) is 147 cm³/mol. The lowest BCUT2D eigenvalue weighted by Gasteiger charge is -2.46. The number of ketones is 1. The van der Waals surface area contributed by atoms with Crippen molar-refractivity contribution in [2.24, 2.45) is 10.8 Å². The van der Waals surface area contributed by atoms with Crippen molar-refractivity contribution in [3.8, 4) is 0 Å². The highest BCUT2D eigenvalue weighted by molar-refractivity contribution is 5.94. The summed E-state index contributed by atoms with van der Waals surface area (Å²) in [6.45, 7) is 20.5. The number of hydrogen-bond acceptors (Lipinski definition) is 2. The minimum absolute atomic E-state index is 0.105. The van der Waals surface area contributed by atoms with Crippen LogP contribution in [0.1, 0.15) is 94.3 Å². The van der Waals surface area contributed by atoms with Crippen molar-refractivity contribution in [1.29, 1.82) is 0 Å². The van der Waals surface area contributed by atoms with Crippen LogP contribution < -0.4 is 5.32 Å². The van der Waals surface area contributed by atoms with E-state index in [2.05, 4.69) is 102 Å². The molecule has 0 heterocycles. The zero-order valence-corrected chi connectivity index (χ0v) is 22.1. The van der Waals surface area contributed by atoms with E-state index in [1.54, 1.807) is 6.92 Å². The molecule has 1 N–H and O–H groups in total. The van der Waals surface area contributed by atoms with Gasteiger partial charge in [0.25, 0.3) is 0 Å². The number of rotatable bonds is 8. The van der Waals surface area contributed by atoms with Crippen LogP contribution in [0.25, 0.3) is 11.3 Å². The van der Waals surface area contributed by atoms with Gasteiger partial charge in [0.2, 0.25) is 0 Å². The lowest BCUT2D eigenvalue weighted by Crippen LogP contribution is -2.34. The van der Waals surface area contributed by atoms with Crippen molar-refractivity contribution in [1.82, 2.24) is 5.32 Å². The van der Waals surface area contributed by atoms with Crippen molar-refractivity contribution < 1.29 is 4.79 Å². The molecule has 34 heavy (non-hydrogen) atoms. The highest BCUT2D eigenvalue weighted by Crippen LogP contribution is 2.55. The molecule has 2 nitrogen and oxygen atoms in total. The highest BCUT2D eigenvalue weighted by atomic mass is 16.1. The summed E-state index contributed by atoms with van der Waals surface area (Å²) in [4.78, 5) is 11.7. The summed E-state index contributed by atoms with van der Waals surface area (Å²) < 4.78 is 0. The molecule has 0 aliphatic heterocycles. The molecule has 1 atom stereocenters. The molecule has 2 aromatic rings. The fourth-order valence-corrected chi connectivity index (χ4v) is 5.44. The van der Waals surface area contributed by atoms with Crippen LogP contribution in [0.4, 0.5) is 0 Å². The summed E-state index contributed by atoms with van der Waals surface area (Å²) in [6, 6.07) is 16.6. The molecule has 180 valence electrons. The van der Waals surface area contributed by atoms with E-state index in [1.807, 2.05) is 12.1 Å². The largest absolute Gasteiger partial charge is 0.382 e. The second-order valence-electron chi connectivity index (χ2n) is 10.7. The van der Waals surface area contributed by atoms with Crippen LogP contribution in [0.5, 0.6) is 0 Å². The van der Waals surface area contributed by atoms with Crippen molar-refractivity contribution in [2.45, 2.75) is 67.2 Å². The Kier molecular flexibility index (Phi) is 7.70. The Morgan fingerprint density at radius 2 is 1.74 bits per heavy atom. The number of nitrogens with one attached hydrogen (secondary N) is 1. The lowest BCUT2D eigenvalue weighted by molar-refractivity contribution is 0.101. The van der Waals surface area contributed by atoms with E-state index >= 15 is 0 Å². The smallest absolute Gasteiger partial charge is 0.159 e. The van der Waals surface area contributed by atoms with Gasteiger partial charge in [-0.2, -0.15) is 0 Å². The number of Topliss-reactive ketones (excluding diaryl/α,β-unsaturated/α-hetero) is 1. The van der Waals surface area contributed by atoms with Crippen LogP contribution >= 0.6 is 0 Å². The minimum atomic E-state index is -0.112. The number of hydrogen-bond donors (Lipinski definition) is 1. The first-order chi connectivity index (χ1) is 16.0. The summed E-state index contributed by atoms with van der Waals surface area (Å²) in [5.41, 5.74) is 8.26. The Labute approximate surface area is 206 Å². The standard InChI is InChI=1S/C32H41NO/c1-9-32(8)20-18-29(26-16-14-25(15-17-26)24(5)34)31(6,7)30(32)19-21-33-23(4)28-13-11-10-12-27(28)22(2)3/h10-19,22,33H,4,9,20-21H2,1-3,5-8H3/b30-19-/t32-/m0/s1. The SMILES string of the molecule is C=C(NC/C=C1/C(C)(C)C(c2ccc(C(C)=O)cc2)=CC[C@]1(C)CC)c1ccccc1C(C)C. The molecule has 0 amide bonds. The Hall–Kier alpha value is -2.87. The first-order valence-corrected chi connectivity index (χ1v) is 12.6. The Morgan fingerprint density at radius 3 is 2.32 bits per heavy atom. The van der Waals surface area contributed by atoms with Crippen molar-refractivity contribution in [2.75, 3.05) is 6.54 Å². The van der Waals surface area contributed by atoms with Crippen LogP contribution in [0.2, 0.25) is 0 Å². The van der Waals surface area contributed by atoms with Crippen LogP contribution in [-0.4, -0.2) is 12.3 Å². The molecule has 0 unspecified atom stereocenters. The third-order valence-electron chi connectivity index (χ3n) is 7.67. The molecule has 0 radical (unpaired) electrons.